The van der Waals surface area contributed by atoms with Crippen molar-refractivity contribution < 1.29 is 14.3 Å². The van der Waals surface area contributed by atoms with Crippen molar-refractivity contribution in [2.24, 2.45) is 0 Å². The maximum atomic E-state index is 12.5. The Labute approximate surface area is 159 Å². The summed E-state index contributed by atoms with van der Waals surface area (Å²) in [7, 11) is 0. The van der Waals surface area contributed by atoms with Crippen LogP contribution in [0.4, 0.5) is 0 Å². The number of H-pyrrole nitrogens is 1. The van der Waals surface area contributed by atoms with Gasteiger partial charge in [-0.3, -0.25) is 9.59 Å². The monoisotopic (exact) mass is 369 g/mol. The van der Waals surface area contributed by atoms with Crippen molar-refractivity contribution in [1.29, 1.82) is 0 Å². The van der Waals surface area contributed by atoms with Gasteiger partial charge in [0.1, 0.15) is 0 Å². The first-order chi connectivity index (χ1) is 12.9. The number of Topliss-reactive ketones (excluding diaryl/α,β-unsaturated/α-hetero) is 1. The molecule has 0 unspecified atom stereocenters. The highest BCUT2D eigenvalue weighted by atomic mass is 16.5. The molecule has 1 N–H and O–H groups in total. The Kier molecular flexibility index (Phi) is 6.24. The molecule has 5 nitrogen and oxygen atoms in total. The molecule has 27 heavy (non-hydrogen) atoms. The molecule has 1 fully saturated rings. The second-order valence-electron chi connectivity index (χ2n) is 7.25. The Morgan fingerprint density at radius 1 is 1.30 bits per heavy atom. The van der Waals surface area contributed by atoms with Crippen LogP contribution in [-0.2, 0) is 15.9 Å². The predicted octanol–water partition coefficient (Wildman–Crippen LogP) is 3.67. The van der Waals surface area contributed by atoms with E-state index in [1.807, 2.05) is 51.1 Å². The highest BCUT2D eigenvalue weighted by Gasteiger charge is 2.20. The first-order valence-corrected chi connectivity index (χ1v) is 9.50. The molecule has 144 valence electrons. The highest BCUT2D eigenvalue weighted by molar-refractivity contribution is 5.96. The van der Waals surface area contributed by atoms with Crippen LogP contribution in [-0.4, -0.2) is 30.1 Å². The number of aryl methyl sites for hydroxylation is 2. The van der Waals surface area contributed by atoms with E-state index in [-0.39, 0.29) is 23.6 Å². The third-order valence-electron chi connectivity index (χ3n) is 5.08. The first kappa shape index (κ1) is 19.5. The molecular formula is C22H27NO4. The van der Waals surface area contributed by atoms with Crippen LogP contribution in [0.3, 0.4) is 0 Å². The quantitative estimate of drug-likeness (QED) is 0.756. The van der Waals surface area contributed by atoms with Gasteiger partial charge in [-0.1, -0.05) is 24.3 Å². The van der Waals surface area contributed by atoms with Gasteiger partial charge in [0.25, 0.3) is 5.56 Å². The summed E-state index contributed by atoms with van der Waals surface area (Å²) in [6, 6.07) is 9.51. The van der Waals surface area contributed by atoms with E-state index in [4.69, 9.17) is 9.47 Å². The molecule has 2 aromatic rings. The van der Waals surface area contributed by atoms with Crippen LogP contribution >= 0.6 is 0 Å². The number of nitrogens with one attached hydrogen (secondary N) is 1. The van der Waals surface area contributed by atoms with Gasteiger partial charge >= 0.3 is 0 Å². The van der Waals surface area contributed by atoms with E-state index in [2.05, 4.69) is 4.98 Å². The zero-order valence-electron chi connectivity index (χ0n) is 16.2. The fourth-order valence-corrected chi connectivity index (χ4v) is 3.50. The summed E-state index contributed by atoms with van der Waals surface area (Å²) in [5, 5.41) is 0. The standard InChI is InChI=1S/C22H27NO4/c1-14-12-15(2)23-22(25)20(14)8-9-21(24)18-6-4-17(5-7-18)16(3)27-19-10-11-26-13-19/h4-7,12,16,19H,8-11,13H2,1-3H3,(H,23,25)/t16-,19+/m1/s1. The lowest BCUT2D eigenvalue weighted by molar-refractivity contribution is -0.00767. The second-order valence-corrected chi connectivity index (χ2v) is 7.25. The number of carbonyl (C=O) groups excluding carboxylic acids is 1. The average molecular weight is 369 g/mol. The summed E-state index contributed by atoms with van der Waals surface area (Å²) in [5.41, 5.74) is 4.06. The number of rotatable bonds is 7. The molecule has 0 aliphatic carbocycles. The van der Waals surface area contributed by atoms with Crippen LogP contribution in [0.15, 0.2) is 35.1 Å². The molecule has 2 atom stereocenters. The molecule has 1 saturated heterocycles. The van der Waals surface area contributed by atoms with E-state index in [9.17, 15) is 9.59 Å². The lowest BCUT2D eigenvalue weighted by Gasteiger charge is -2.18. The number of pyridine rings is 1. The highest BCUT2D eigenvalue weighted by Crippen LogP contribution is 2.22. The van der Waals surface area contributed by atoms with Crippen LogP contribution in [0.25, 0.3) is 0 Å². The van der Waals surface area contributed by atoms with Gasteiger partial charge in [0.15, 0.2) is 5.78 Å². The number of aromatic amines is 1. The summed E-state index contributed by atoms with van der Waals surface area (Å²) < 4.78 is 11.3. The molecule has 1 aromatic heterocycles. The fourth-order valence-electron chi connectivity index (χ4n) is 3.50. The summed E-state index contributed by atoms with van der Waals surface area (Å²) in [5.74, 6) is 0.0405. The molecule has 1 aliphatic rings. The minimum atomic E-state index is -0.0995. The summed E-state index contributed by atoms with van der Waals surface area (Å²) >= 11 is 0. The van der Waals surface area contributed by atoms with Crippen LogP contribution in [0, 0.1) is 13.8 Å². The van der Waals surface area contributed by atoms with Crippen molar-refractivity contribution >= 4 is 5.78 Å². The summed E-state index contributed by atoms with van der Waals surface area (Å²) in [6.45, 7) is 7.19. The Hall–Kier alpha value is -2.24. The Morgan fingerprint density at radius 3 is 2.67 bits per heavy atom. The molecule has 2 heterocycles. The van der Waals surface area contributed by atoms with Crippen LogP contribution in [0.5, 0.6) is 0 Å². The Balaban J connectivity index is 1.60. The zero-order chi connectivity index (χ0) is 19.4. The molecule has 0 amide bonds. The number of benzene rings is 1. The maximum Gasteiger partial charge on any atom is 0.251 e. The van der Waals surface area contributed by atoms with Gasteiger partial charge in [0, 0.05) is 29.8 Å². The maximum absolute atomic E-state index is 12.5. The van der Waals surface area contributed by atoms with Gasteiger partial charge in [0.2, 0.25) is 0 Å². The molecule has 0 bridgehead atoms. The van der Waals surface area contributed by atoms with Gasteiger partial charge in [-0.15, -0.1) is 0 Å². The topological polar surface area (TPSA) is 68.4 Å². The predicted molar refractivity (Wildman–Crippen MR) is 104 cm³/mol. The van der Waals surface area contributed by atoms with E-state index in [0.717, 1.165) is 29.8 Å². The van der Waals surface area contributed by atoms with E-state index < -0.39 is 0 Å². The normalized spacial score (nSPS) is 17.8. The summed E-state index contributed by atoms with van der Waals surface area (Å²) in [6.07, 6.45) is 1.81. The molecule has 0 saturated carbocycles. The van der Waals surface area contributed by atoms with E-state index >= 15 is 0 Å². The average Bonchev–Trinajstić information content (AvgIpc) is 3.13. The van der Waals surface area contributed by atoms with Crippen LogP contribution in [0.1, 0.15) is 58.6 Å². The zero-order valence-corrected chi connectivity index (χ0v) is 16.2. The Bertz CT molecular complexity index is 848. The van der Waals surface area contributed by atoms with Crippen molar-refractivity contribution in [2.45, 2.75) is 52.2 Å². The third-order valence-corrected chi connectivity index (χ3v) is 5.08. The smallest absolute Gasteiger partial charge is 0.251 e. The molecule has 3 rings (SSSR count). The molecule has 5 heteroatoms. The van der Waals surface area contributed by atoms with Crippen molar-refractivity contribution in [3.8, 4) is 0 Å². The van der Waals surface area contributed by atoms with E-state index in [0.29, 0.717) is 30.6 Å². The van der Waals surface area contributed by atoms with Crippen LogP contribution in [0.2, 0.25) is 0 Å². The fraction of sp³-hybridized carbons (Fsp3) is 0.455. The lowest BCUT2D eigenvalue weighted by Crippen LogP contribution is -2.17. The SMILES string of the molecule is Cc1cc(C)c(CCC(=O)c2ccc([C@@H](C)O[C@H]3CCOC3)cc2)c(=O)[nH]1. The second kappa shape index (κ2) is 8.63. The minimum absolute atomic E-state index is 0.0328. The third kappa shape index (κ3) is 4.93. The first-order valence-electron chi connectivity index (χ1n) is 9.50. The Morgan fingerprint density at radius 2 is 2.04 bits per heavy atom. The lowest BCUT2D eigenvalue weighted by atomic mass is 9.99. The largest absolute Gasteiger partial charge is 0.379 e. The van der Waals surface area contributed by atoms with Gasteiger partial charge in [-0.05, 0) is 50.8 Å². The number of carbonyl (C=O) groups is 1. The number of hydrogen-bond donors (Lipinski definition) is 1. The van der Waals surface area contributed by atoms with Gasteiger partial charge in [0.05, 0.1) is 18.8 Å². The van der Waals surface area contributed by atoms with Crippen molar-refractivity contribution in [1.82, 2.24) is 4.98 Å². The minimum Gasteiger partial charge on any atom is -0.379 e. The number of aromatic nitrogens is 1. The molecule has 0 radical (unpaired) electrons. The van der Waals surface area contributed by atoms with Crippen LogP contribution < -0.4 is 5.56 Å². The molecule has 1 aromatic carbocycles. The molecular weight excluding hydrogens is 342 g/mol. The van der Waals surface area contributed by atoms with E-state index in [1.54, 1.807) is 0 Å². The summed E-state index contributed by atoms with van der Waals surface area (Å²) in [4.78, 5) is 27.4. The van der Waals surface area contributed by atoms with E-state index in [1.165, 1.54) is 0 Å². The van der Waals surface area contributed by atoms with Gasteiger partial charge in [-0.2, -0.15) is 0 Å². The van der Waals surface area contributed by atoms with Crippen molar-refractivity contribution in [2.75, 3.05) is 13.2 Å². The molecule has 0 spiro atoms. The molecule has 1 aliphatic heterocycles. The number of ether oxygens (including phenoxy) is 2. The van der Waals surface area contributed by atoms with Crippen molar-refractivity contribution in [3.63, 3.8) is 0 Å². The van der Waals surface area contributed by atoms with Gasteiger partial charge in [-0.25, -0.2) is 0 Å². The number of ketones is 1. The number of hydrogen-bond acceptors (Lipinski definition) is 4. The van der Waals surface area contributed by atoms with Gasteiger partial charge < -0.3 is 14.5 Å². The van der Waals surface area contributed by atoms with Crippen molar-refractivity contribution in [3.05, 3.63) is 68.6 Å².